The Morgan fingerprint density at radius 1 is 1.43 bits per heavy atom. The number of hydrogen-bond donors (Lipinski definition) is 2. The maximum atomic E-state index is 11.8. The molecular weight excluding hydrogens is 272 g/mol. The zero-order chi connectivity index (χ0) is 15.8. The molecule has 0 aliphatic carbocycles. The van der Waals surface area contributed by atoms with Crippen molar-refractivity contribution < 1.29 is 19.4 Å². The molecule has 0 saturated heterocycles. The smallest absolute Gasteiger partial charge is 0.341 e. The van der Waals surface area contributed by atoms with E-state index >= 15 is 0 Å². The van der Waals surface area contributed by atoms with Crippen molar-refractivity contribution in [1.82, 2.24) is 5.32 Å². The maximum absolute atomic E-state index is 11.8. The molecule has 6 heteroatoms. The van der Waals surface area contributed by atoms with Crippen molar-refractivity contribution in [3.8, 4) is 11.8 Å². The number of ether oxygens (including phenoxy) is 1. The third kappa shape index (κ3) is 5.37. The van der Waals surface area contributed by atoms with E-state index in [1.807, 2.05) is 6.07 Å². The zero-order valence-electron chi connectivity index (χ0n) is 11.8. The summed E-state index contributed by atoms with van der Waals surface area (Å²) in [5.41, 5.74) is 0.393. The van der Waals surface area contributed by atoms with Gasteiger partial charge >= 0.3 is 5.97 Å². The van der Waals surface area contributed by atoms with E-state index in [9.17, 15) is 9.59 Å². The van der Waals surface area contributed by atoms with E-state index in [4.69, 9.17) is 15.1 Å². The Labute approximate surface area is 122 Å². The van der Waals surface area contributed by atoms with Gasteiger partial charge in [0, 0.05) is 11.6 Å². The molecule has 0 aliphatic heterocycles. The second-order valence-electron chi connectivity index (χ2n) is 4.52. The van der Waals surface area contributed by atoms with Gasteiger partial charge < -0.3 is 15.2 Å². The molecule has 6 nitrogen and oxygen atoms in total. The third-order valence-electron chi connectivity index (χ3n) is 2.35. The average Bonchev–Trinajstić information content (AvgIpc) is 2.42. The predicted molar refractivity (Wildman–Crippen MR) is 76.4 cm³/mol. The lowest BCUT2D eigenvalue weighted by Crippen LogP contribution is -2.30. The molecule has 21 heavy (non-hydrogen) atoms. The predicted octanol–water partition coefficient (Wildman–Crippen LogP) is 1.58. The number of benzene rings is 1. The van der Waals surface area contributed by atoms with E-state index in [0.717, 1.165) is 0 Å². The molecule has 1 aromatic carbocycles. The zero-order valence-corrected chi connectivity index (χ0v) is 11.8. The maximum Gasteiger partial charge on any atom is 0.341 e. The van der Waals surface area contributed by atoms with Crippen LogP contribution in [-0.4, -0.2) is 29.6 Å². The van der Waals surface area contributed by atoms with E-state index in [1.54, 1.807) is 38.1 Å². The van der Waals surface area contributed by atoms with E-state index in [2.05, 4.69) is 5.32 Å². The fourth-order valence-electron chi connectivity index (χ4n) is 1.51. The lowest BCUT2D eigenvalue weighted by atomic mass is 10.1. The molecule has 2 N–H and O–H groups in total. The Bertz CT molecular complexity index is 600. The molecule has 0 atom stereocenters. The molecule has 0 bridgehead atoms. The Morgan fingerprint density at radius 2 is 2.10 bits per heavy atom. The first-order chi connectivity index (χ1) is 9.93. The molecule has 110 valence electrons. The van der Waals surface area contributed by atoms with Gasteiger partial charge in [0.2, 0.25) is 0 Å². The van der Waals surface area contributed by atoms with Crippen LogP contribution < -0.4 is 10.1 Å². The molecule has 0 aliphatic rings. The molecule has 1 rings (SSSR count). The van der Waals surface area contributed by atoms with Gasteiger partial charge in [-0.2, -0.15) is 5.26 Å². The second kappa shape index (κ2) is 7.70. The molecule has 0 saturated carbocycles. The minimum atomic E-state index is -1.10. The molecule has 0 aromatic heterocycles. The molecule has 1 amide bonds. The highest BCUT2D eigenvalue weighted by molar-refractivity contribution is 6.02. The van der Waals surface area contributed by atoms with Crippen LogP contribution in [0.1, 0.15) is 19.4 Å². The highest BCUT2D eigenvalue weighted by Crippen LogP contribution is 2.21. The number of nitrogens with zero attached hydrogens (tertiary/aromatic N) is 1. The summed E-state index contributed by atoms with van der Waals surface area (Å²) in [4.78, 5) is 22.4. The van der Waals surface area contributed by atoms with E-state index in [-0.39, 0.29) is 11.6 Å². The first-order valence-corrected chi connectivity index (χ1v) is 6.30. The van der Waals surface area contributed by atoms with Crippen molar-refractivity contribution in [2.45, 2.75) is 19.9 Å². The number of carbonyl (C=O) groups excluding carboxylic acids is 1. The lowest BCUT2D eigenvalue weighted by Gasteiger charge is -2.09. The van der Waals surface area contributed by atoms with Crippen LogP contribution in [0.4, 0.5) is 0 Å². The van der Waals surface area contributed by atoms with Crippen LogP contribution >= 0.6 is 0 Å². The van der Waals surface area contributed by atoms with Gasteiger partial charge in [0.1, 0.15) is 17.4 Å². The molecule has 0 unspecified atom stereocenters. The summed E-state index contributed by atoms with van der Waals surface area (Å²) in [7, 11) is 0. The monoisotopic (exact) mass is 288 g/mol. The number of nitrogens with one attached hydrogen (secondary N) is 1. The first-order valence-electron chi connectivity index (χ1n) is 6.30. The second-order valence-corrected chi connectivity index (χ2v) is 4.52. The summed E-state index contributed by atoms with van der Waals surface area (Å²) in [6.45, 7) is 3.08. The van der Waals surface area contributed by atoms with Gasteiger partial charge in [-0.1, -0.05) is 18.2 Å². The largest absolute Gasteiger partial charge is 0.481 e. The Kier molecular flexibility index (Phi) is 5.96. The van der Waals surface area contributed by atoms with Crippen LogP contribution in [0.5, 0.6) is 5.75 Å². The number of amides is 1. The van der Waals surface area contributed by atoms with Crippen molar-refractivity contribution in [3.63, 3.8) is 0 Å². The summed E-state index contributed by atoms with van der Waals surface area (Å²) in [5.74, 6) is -1.29. The van der Waals surface area contributed by atoms with Gasteiger partial charge in [0.25, 0.3) is 5.91 Å². The number of rotatable bonds is 6. The summed E-state index contributed by atoms with van der Waals surface area (Å²) >= 11 is 0. The summed E-state index contributed by atoms with van der Waals surface area (Å²) in [5, 5.41) is 20.3. The molecule has 0 fully saturated rings. The van der Waals surface area contributed by atoms with Crippen LogP contribution in [0.15, 0.2) is 29.8 Å². The van der Waals surface area contributed by atoms with Crippen LogP contribution in [0.25, 0.3) is 6.08 Å². The fraction of sp³-hybridized carbons (Fsp3) is 0.267. The first kappa shape index (κ1) is 16.2. The van der Waals surface area contributed by atoms with Crippen molar-refractivity contribution >= 4 is 18.0 Å². The molecule has 0 spiro atoms. The standard InChI is InChI=1S/C15H16N2O4/c1-10(2)17-15(20)12(8-16)7-11-5-3-4-6-13(11)21-9-14(18)19/h3-7,10H,9H2,1-2H3,(H,17,20)(H,18,19). The highest BCUT2D eigenvalue weighted by atomic mass is 16.5. The number of para-hydroxylation sites is 1. The van der Waals surface area contributed by atoms with E-state index in [0.29, 0.717) is 11.3 Å². The van der Waals surface area contributed by atoms with Gasteiger partial charge in [0.15, 0.2) is 6.61 Å². The third-order valence-corrected chi connectivity index (χ3v) is 2.35. The van der Waals surface area contributed by atoms with E-state index in [1.165, 1.54) is 6.08 Å². The van der Waals surface area contributed by atoms with Gasteiger partial charge in [0.05, 0.1) is 0 Å². The van der Waals surface area contributed by atoms with Crippen molar-refractivity contribution in [1.29, 1.82) is 5.26 Å². The lowest BCUT2D eigenvalue weighted by molar-refractivity contribution is -0.139. The molecular formula is C15H16N2O4. The van der Waals surface area contributed by atoms with E-state index < -0.39 is 18.5 Å². The van der Waals surface area contributed by atoms with Crippen molar-refractivity contribution in [2.24, 2.45) is 0 Å². The Balaban J connectivity index is 3.03. The topological polar surface area (TPSA) is 99.4 Å². The van der Waals surface area contributed by atoms with Crippen LogP contribution in [0.2, 0.25) is 0 Å². The molecule has 1 aromatic rings. The summed E-state index contributed by atoms with van der Waals surface area (Å²) < 4.78 is 5.12. The van der Waals surface area contributed by atoms with Crippen LogP contribution in [0, 0.1) is 11.3 Å². The normalized spacial score (nSPS) is 10.9. The number of aliphatic carboxylic acids is 1. The number of carbonyl (C=O) groups is 2. The SMILES string of the molecule is CC(C)NC(=O)C(C#N)=Cc1ccccc1OCC(=O)O. The van der Waals surface area contributed by atoms with Gasteiger partial charge in [-0.05, 0) is 26.0 Å². The minimum absolute atomic E-state index is 0.0740. The van der Waals surface area contributed by atoms with Gasteiger partial charge in [-0.3, -0.25) is 4.79 Å². The number of hydrogen-bond acceptors (Lipinski definition) is 4. The minimum Gasteiger partial charge on any atom is -0.481 e. The van der Waals surface area contributed by atoms with Crippen LogP contribution in [-0.2, 0) is 9.59 Å². The van der Waals surface area contributed by atoms with Crippen molar-refractivity contribution in [2.75, 3.05) is 6.61 Å². The number of carboxylic acids is 1. The molecule has 0 radical (unpaired) electrons. The number of nitriles is 1. The molecule has 0 heterocycles. The highest BCUT2D eigenvalue weighted by Gasteiger charge is 2.12. The average molecular weight is 288 g/mol. The summed E-state index contributed by atoms with van der Waals surface area (Å²) in [6, 6.07) is 8.32. The summed E-state index contributed by atoms with van der Waals surface area (Å²) in [6.07, 6.45) is 1.37. The van der Waals surface area contributed by atoms with Crippen molar-refractivity contribution in [3.05, 3.63) is 35.4 Å². The van der Waals surface area contributed by atoms with Gasteiger partial charge in [-0.15, -0.1) is 0 Å². The Hall–Kier alpha value is -2.81. The fourth-order valence-corrected chi connectivity index (χ4v) is 1.51. The quantitative estimate of drug-likeness (QED) is 0.611. The number of carboxylic acid groups (broad SMARTS) is 1. The van der Waals surface area contributed by atoms with Gasteiger partial charge in [-0.25, -0.2) is 4.79 Å². The van der Waals surface area contributed by atoms with Crippen LogP contribution in [0.3, 0.4) is 0 Å². The Morgan fingerprint density at radius 3 is 2.67 bits per heavy atom.